The quantitative estimate of drug-likeness (QED) is 0.531. The molecule has 1 heterocycles. The maximum Gasteiger partial charge on any atom is 0.410 e. The van der Waals surface area contributed by atoms with Gasteiger partial charge in [0.2, 0.25) is 0 Å². The third-order valence-electron chi connectivity index (χ3n) is 6.70. The average Bonchev–Trinajstić information content (AvgIpc) is 3.59. The lowest BCUT2D eigenvalue weighted by Gasteiger charge is -2.39. The minimum atomic E-state index is -0.946. The lowest BCUT2D eigenvalue weighted by atomic mass is 10.0. The predicted molar refractivity (Wildman–Crippen MR) is 137 cm³/mol. The molecule has 6 heteroatoms. The molecular formula is C29H36N2O4. The maximum absolute atomic E-state index is 13.3. The fourth-order valence-electron chi connectivity index (χ4n) is 4.93. The number of rotatable bonds is 7. The van der Waals surface area contributed by atoms with Crippen LogP contribution in [0.3, 0.4) is 0 Å². The van der Waals surface area contributed by atoms with Gasteiger partial charge in [0.25, 0.3) is 0 Å². The number of benzene rings is 2. The van der Waals surface area contributed by atoms with E-state index in [0.717, 1.165) is 50.5 Å². The Morgan fingerprint density at radius 2 is 1.71 bits per heavy atom. The summed E-state index contributed by atoms with van der Waals surface area (Å²) >= 11 is 0. The number of carboxylic acids is 1. The molecule has 0 spiro atoms. The molecule has 2 aromatic rings. The van der Waals surface area contributed by atoms with Crippen molar-refractivity contribution in [3.05, 3.63) is 77.4 Å². The van der Waals surface area contributed by atoms with Crippen LogP contribution in [0.5, 0.6) is 0 Å². The second-order valence-electron chi connectivity index (χ2n) is 10.6. The minimum absolute atomic E-state index is 0.184. The molecule has 1 amide bonds. The van der Waals surface area contributed by atoms with Crippen LogP contribution in [0.1, 0.15) is 62.6 Å². The highest BCUT2D eigenvalue weighted by atomic mass is 16.6. The normalized spacial score (nSPS) is 21.1. The number of piperidine rings is 1. The van der Waals surface area contributed by atoms with E-state index in [9.17, 15) is 9.59 Å². The van der Waals surface area contributed by atoms with Gasteiger partial charge in [-0.3, -0.25) is 4.90 Å². The van der Waals surface area contributed by atoms with Gasteiger partial charge in [0.15, 0.2) is 0 Å². The number of hydrogen-bond acceptors (Lipinski definition) is 4. The smallest absolute Gasteiger partial charge is 0.410 e. The highest BCUT2D eigenvalue weighted by molar-refractivity contribution is 5.85. The van der Waals surface area contributed by atoms with Crippen molar-refractivity contribution >= 4 is 18.1 Å². The van der Waals surface area contributed by atoms with Crippen LogP contribution < -0.4 is 0 Å². The number of ether oxygens (including phenoxy) is 1. The molecule has 0 bridgehead atoms. The first-order valence-corrected chi connectivity index (χ1v) is 12.5. The van der Waals surface area contributed by atoms with E-state index >= 15 is 0 Å². The number of hydrogen-bond donors (Lipinski definition) is 1. The molecule has 2 aliphatic rings. The molecule has 2 aromatic carbocycles. The van der Waals surface area contributed by atoms with Crippen molar-refractivity contribution in [3.8, 4) is 0 Å². The summed E-state index contributed by atoms with van der Waals surface area (Å²) in [6, 6.07) is 18.9. The standard InChI is InChI=1S/C29H36N2O4/c1-29(2,3)35-28(34)31(26-19-25(26)23-7-5-4-6-8-23)24-15-17-30(18-16-24)20-22-11-9-21(10-12-22)13-14-27(32)33/h4-14,24-26H,15-20H2,1-3H3,(H,32,33)/t25-,26+/m0/s1. The van der Waals surface area contributed by atoms with E-state index in [0.29, 0.717) is 5.92 Å². The van der Waals surface area contributed by atoms with Crippen LogP contribution >= 0.6 is 0 Å². The van der Waals surface area contributed by atoms with Gasteiger partial charge in [-0.15, -0.1) is 0 Å². The van der Waals surface area contributed by atoms with Gasteiger partial charge in [0.05, 0.1) is 0 Å². The number of nitrogens with zero attached hydrogens (tertiary/aromatic N) is 2. The van der Waals surface area contributed by atoms with Crippen molar-refractivity contribution in [3.63, 3.8) is 0 Å². The van der Waals surface area contributed by atoms with Gasteiger partial charge in [-0.05, 0) is 62.8 Å². The Hall–Kier alpha value is -3.12. The zero-order chi connectivity index (χ0) is 25.0. The Balaban J connectivity index is 1.37. The topological polar surface area (TPSA) is 70.1 Å². The second-order valence-corrected chi connectivity index (χ2v) is 10.6. The summed E-state index contributed by atoms with van der Waals surface area (Å²) in [5.74, 6) is -0.561. The van der Waals surface area contributed by atoms with Gasteiger partial charge in [0, 0.05) is 43.7 Å². The molecule has 1 aliphatic heterocycles. The molecular weight excluding hydrogens is 440 g/mol. The van der Waals surface area contributed by atoms with Crippen LogP contribution in [0.2, 0.25) is 0 Å². The molecule has 1 aliphatic carbocycles. The molecule has 2 fully saturated rings. The number of carbonyl (C=O) groups is 2. The summed E-state index contributed by atoms with van der Waals surface area (Å²) in [4.78, 5) is 28.4. The summed E-state index contributed by atoms with van der Waals surface area (Å²) in [7, 11) is 0. The van der Waals surface area contributed by atoms with E-state index in [1.165, 1.54) is 11.1 Å². The second kappa shape index (κ2) is 10.6. The SMILES string of the molecule is CC(C)(C)OC(=O)N(C1CCN(Cc2ccc(C=CC(=O)O)cc2)CC1)[C@@H]1C[C@H]1c1ccccc1. The van der Waals surface area contributed by atoms with E-state index in [1.54, 1.807) is 6.08 Å². The summed E-state index contributed by atoms with van der Waals surface area (Å²) in [5, 5.41) is 8.78. The number of likely N-dealkylation sites (tertiary alicyclic amines) is 1. The molecule has 0 aromatic heterocycles. The summed E-state index contributed by atoms with van der Waals surface area (Å²) in [5.41, 5.74) is 2.86. The molecule has 0 unspecified atom stereocenters. The van der Waals surface area contributed by atoms with E-state index in [-0.39, 0.29) is 18.2 Å². The van der Waals surface area contributed by atoms with Gasteiger partial charge in [-0.2, -0.15) is 0 Å². The Morgan fingerprint density at radius 1 is 1.06 bits per heavy atom. The van der Waals surface area contributed by atoms with Crippen molar-refractivity contribution in [1.29, 1.82) is 0 Å². The van der Waals surface area contributed by atoms with Crippen molar-refractivity contribution < 1.29 is 19.4 Å². The molecule has 6 nitrogen and oxygen atoms in total. The summed E-state index contributed by atoms with van der Waals surface area (Å²) in [6.07, 6.45) is 5.41. The molecule has 186 valence electrons. The Bertz CT molecular complexity index is 1030. The monoisotopic (exact) mass is 476 g/mol. The number of aliphatic carboxylic acids is 1. The zero-order valence-corrected chi connectivity index (χ0v) is 20.9. The predicted octanol–water partition coefficient (Wildman–Crippen LogP) is 5.54. The fraction of sp³-hybridized carbons (Fsp3) is 0.448. The van der Waals surface area contributed by atoms with Crippen LogP contribution in [-0.4, -0.2) is 57.7 Å². The molecule has 4 rings (SSSR count). The van der Waals surface area contributed by atoms with Gasteiger partial charge < -0.3 is 14.7 Å². The summed E-state index contributed by atoms with van der Waals surface area (Å²) < 4.78 is 5.84. The van der Waals surface area contributed by atoms with Crippen molar-refractivity contribution in [2.75, 3.05) is 13.1 Å². The van der Waals surface area contributed by atoms with E-state index in [4.69, 9.17) is 9.84 Å². The van der Waals surface area contributed by atoms with Gasteiger partial charge in [-0.25, -0.2) is 9.59 Å². The molecule has 0 radical (unpaired) electrons. The largest absolute Gasteiger partial charge is 0.478 e. The van der Waals surface area contributed by atoms with Crippen molar-refractivity contribution in [1.82, 2.24) is 9.80 Å². The minimum Gasteiger partial charge on any atom is -0.478 e. The maximum atomic E-state index is 13.3. The molecule has 35 heavy (non-hydrogen) atoms. The van der Waals surface area contributed by atoms with E-state index in [1.807, 2.05) is 43.9 Å². The molecule has 1 N–H and O–H groups in total. The average molecular weight is 477 g/mol. The number of carbonyl (C=O) groups excluding carboxylic acids is 1. The first-order valence-electron chi connectivity index (χ1n) is 12.5. The number of carboxylic acid groups (broad SMARTS) is 1. The lowest BCUT2D eigenvalue weighted by Crippen LogP contribution is -2.50. The van der Waals surface area contributed by atoms with Crippen LogP contribution in [0.25, 0.3) is 6.08 Å². The van der Waals surface area contributed by atoms with Crippen LogP contribution in [0.4, 0.5) is 4.79 Å². The fourth-order valence-corrected chi connectivity index (χ4v) is 4.93. The molecule has 1 saturated heterocycles. The van der Waals surface area contributed by atoms with Crippen molar-refractivity contribution in [2.24, 2.45) is 0 Å². The molecule has 1 saturated carbocycles. The van der Waals surface area contributed by atoms with Crippen molar-refractivity contribution in [2.45, 2.75) is 70.2 Å². The van der Waals surface area contributed by atoms with E-state index < -0.39 is 11.6 Å². The Kier molecular flexibility index (Phi) is 7.60. The highest BCUT2D eigenvalue weighted by Crippen LogP contribution is 2.46. The van der Waals surface area contributed by atoms with Gasteiger partial charge in [0.1, 0.15) is 5.60 Å². The first-order chi connectivity index (χ1) is 16.7. The third kappa shape index (κ3) is 6.95. The Labute approximate surface area is 208 Å². The van der Waals surface area contributed by atoms with Crippen LogP contribution in [0, 0.1) is 0 Å². The lowest BCUT2D eigenvalue weighted by molar-refractivity contribution is -0.131. The first kappa shape index (κ1) is 25.0. The number of amides is 1. The zero-order valence-electron chi connectivity index (χ0n) is 20.9. The van der Waals surface area contributed by atoms with Crippen LogP contribution in [-0.2, 0) is 16.1 Å². The third-order valence-corrected chi connectivity index (χ3v) is 6.70. The summed E-state index contributed by atoms with van der Waals surface area (Å²) in [6.45, 7) is 8.47. The van der Waals surface area contributed by atoms with Crippen LogP contribution in [0.15, 0.2) is 60.7 Å². The Morgan fingerprint density at radius 3 is 2.31 bits per heavy atom. The van der Waals surface area contributed by atoms with E-state index in [2.05, 4.69) is 41.3 Å². The highest BCUT2D eigenvalue weighted by Gasteiger charge is 2.48. The van der Waals surface area contributed by atoms with Gasteiger partial charge >= 0.3 is 12.1 Å². The van der Waals surface area contributed by atoms with Gasteiger partial charge in [-0.1, -0.05) is 54.6 Å². The molecule has 2 atom stereocenters.